The Hall–Kier alpha value is -2.88. The Kier molecular flexibility index (Phi) is 4.01. The van der Waals surface area contributed by atoms with Crippen molar-refractivity contribution < 1.29 is 9.53 Å². The first-order valence-corrected chi connectivity index (χ1v) is 7.03. The van der Waals surface area contributed by atoms with Gasteiger partial charge in [-0.25, -0.2) is 0 Å². The summed E-state index contributed by atoms with van der Waals surface area (Å²) in [5, 5.41) is 4.32. The Labute approximate surface area is 129 Å². The molecule has 0 fully saturated rings. The molecule has 1 heterocycles. The fourth-order valence-corrected chi connectivity index (χ4v) is 2.54. The van der Waals surface area contributed by atoms with Crippen LogP contribution in [0.4, 0.5) is 0 Å². The van der Waals surface area contributed by atoms with Gasteiger partial charge in [0.2, 0.25) is 0 Å². The van der Waals surface area contributed by atoms with E-state index in [0.29, 0.717) is 5.71 Å². The van der Waals surface area contributed by atoms with Crippen LogP contribution >= 0.6 is 0 Å². The van der Waals surface area contributed by atoms with Crippen molar-refractivity contribution >= 4 is 17.3 Å². The predicted octanol–water partition coefficient (Wildman–Crippen LogP) is 2.82. The molecule has 0 spiro atoms. The van der Waals surface area contributed by atoms with Crippen molar-refractivity contribution in [3.05, 3.63) is 78.0 Å². The highest BCUT2D eigenvalue weighted by molar-refractivity contribution is 6.19. The van der Waals surface area contributed by atoms with E-state index >= 15 is 0 Å². The third kappa shape index (κ3) is 2.63. The van der Waals surface area contributed by atoms with Crippen molar-refractivity contribution in [2.75, 3.05) is 7.11 Å². The van der Waals surface area contributed by atoms with Gasteiger partial charge >= 0.3 is 5.97 Å². The molecule has 2 aromatic carbocycles. The summed E-state index contributed by atoms with van der Waals surface area (Å²) in [4.78, 5) is 12.4. The first kappa shape index (κ1) is 14.1. The summed E-state index contributed by atoms with van der Waals surface area (Å²) in [5.74, 6) is -0.866. The molecule has 1 N–H and O–H groups in total. The van der Waals surface area contributed by atoms with Crippen molar-refractivity contribution in [3.8, 4) is 0 Å². The van der Waals surface area contributed by atoms with Crippen LogP contribution in [0.25, 0.3) is 5.57 Å². The van der Waals surface area contributed by atoms with Crippen LogP contribution < -0.4 is 5.43 Å². The Bertz CT molecular complexity index is 666. The summed E-state index contributed by atoms with van der Waals surface area (Å²) in [5.41, 5.74) is 6.28. The van der Waals surface area contributed by atoms with E-state index in [1.807, 2.05) is 60.7 Å². The molecule has 2 aromatic rings. The van der Waals surface area contributed by atoms with E-state index in [4.69, 9.17) is 4.74 Å². The summed E-state index contributed by atoms with van der Waals surface area (Å²) in [6, 6.07) is 19.4. The minimum Gasteiger partial charge on any atom is -0.468 e. The van der Waals surface area contributed by atoms with E-state index in [-0.39, 0.29) is 5.97 Å². The van der Waals surface area contributed by atoms with Crippen LogP contribution in [0.1, 0.15) is 11.1 Å². The third-order valence-corrected chi connectivity index (χ3v) is 3.60. The van der Waals surface area contributed by atoms with Crippen molar-refractivity contribution in [3.63, 3.8) is 0 Å². The highest BCUT2D eigenvalue weighted by Gasteiger charge is 2.33. The largest absolute Gasteiger partial charge is 0.468 e. The molecule has 1 unspecified atom stereocenters. The zero-order valence-corrected chi connectivity index (χ0v) is 12.2. The smallest absolute Gasteiger partial charge is 0.319 e. The first-order chi connectivity index (χ1) is 10.8. The number of nitrogens with one attached hydrogen (secondary N) is 1. The number of carbonyl (C=O) groups excluding carboxylic acids is 1. The molecule has 0 saturated carbocycles. The maximum Gasteiger partial charge on any atom is 0.319 e. The highest BCUT2D eigenvalue weighted by Crippen LogP contribution is 2.29. The van der Waals surface area contributed by atoms with Gasteiger partial charge in [0.25, 0.3) is 0 Å². The van der Waals surface area contributed by atoms with Crippen LogP contribution in [-0.2, 0) is 9.53 Å². The number of nitrogens with zero attached hydrogens (tertiary/aromatic N) is 1. The molecule has 110 valence electrons. The average Bonchev–Trinajstić information content (AvgIpc) is 2.62. The minimum absolute atomic E-state index is 0.320. The zero-order chi connectivity index (χ0) is 15.4. The van der Waals surface area contributed by atoms with Gasteiger partial charge in [0.05, 0.1) is 12.8 Å². The lowest BCUT2D eigenvalue weighted by Crippen LogP contribution is -2.32. The Morgan fingerprint density at radius 2 is 1.59 bits per heavy atom. The van der Waals surface area contributed by atoms with Gasteiger partial charge in [0.1, 0.15) is 5.92 Å². The summed E-state index contributed by atoms with van der Waals surface area (Å²) in [6.07, 6.45) is 1.75. The van der Waals surface area contributed by atoms with E-state index in [1.54, 1.807) is 6.20 Å². The Balaban J connectivity index is 2.05. The lowest BCUT2D eigenvalue weighted by Gasteiger charge is -2.24. The first-order valence-electron chi connectivity index (χ1n) is 7.03. The quantitative estimate of drug-likeness (QED) is 0.885. The summed E-state index contributed by atoms with van der Waals surface area (Å²) >= 11 is 0. The van der Waals surface area contributed by atoms with Gasteiger partial charge < -0.3 is 4.74 Å². The van der Waals surface area contributed by atoms with Crippen molar-refractivity contribution in [1.29, 1.82) is 0 Å². The van der Waals surface area contributed by atoms with Gasteiger partial charge in [0.15, 0.2) is 0 Å². The van der Waals surface area contributed by atoms with Gasteiger partial charge in [0, 0.05) is 6.20 Å². The molecule has 22 heavy (non-hydrogen) atoms. The van der Waals surface area contributed by atoms with Gasteiger partial charge in [-0.05, 0) is 16.7 Å². The molecular weight excluding hydrogens is 276 g/mol. The molecular formula is C18H16N2O2. The molecule has 0 radical (unpaired) electrons. The van der Waals surface area contributed by atoms with Crippen LogP contribution in [-0.4, -0.2) is 18.8 Å². The molecule has 1 aliphatic heterocycles. The van der Waals surface area contributed by atoms with Crippen LogP contribution in [0.15, 0.2) is 72.0 Å². The Morgan fingerprint density at radius 3 is 2.18 bits per heavy atom. The number of methoxy groups -OCH3 is 1. The Morgan fingerprint density at radius 1 is 1.00 bits per heavy atom. The maximum absolute atomic E-state index is 12.4. The third-order valence-electron chi connectivity index (χ3n) is 3.60. The van der Waals surface area contributed by atoms with Gasteiger partial charge in [-0.2, -0.15) is 5.10 Å². The fourth-order valence-electron chi connectivity index (χ4n) is 2.54. The van der Waals surface area contributed by atoms with Crippen LogP contribution in [0, 0.1) is 5.92 Å². The lowest BCUT2D eigenvalue weighted by atomic mass is 9.85. The number of ether oxygens (including phenoxy) is 1. The number of carbonyl (C=O) groups is 1. The molecule has 0 bridgehead atoms. The van der Waals surface area contributed by atoms with Crippen LogP contribution in [0.2, 0.25) is 0 Å². The molecule has 0 aromatic heterocycles. The summed E-state index contributed by atoms with van der Waals surface area (Å²) in [7, 11) is 1.40. The number of benzene rings is 2. The lowest BCUT2D eigenvalue weighted by molar-refractivity contribution is -0.141. The standard InChI is InChI=1S/C18H16N2O2/c1-22-18(21)16-15(13-8-4-2-5-9-13)12-19-20-17(16)14-10-6-3-7-11-14/h2-12,16,19H,1H3. The highest BCUT2D eigenvalue weighted by atomic mass is 16.5. The molecule has 0 amide bonds. The maximum atomic E-state index is 12.4. The van der Waals surface area contributed by atoms with E-state index in [2.05, 4.69) is 10.5 Å². The average molecular weight is 292 g/mol. The predicted molar refractivity (Wildman–Crippen MR) is 86.0 cm³/mol. The number of hydrogen-bond donors (Lipinski definition) is 1. The second-order valence-electron chi connectivity index (χ2n) is 4.91. The van der Waals surface area contributed by atoms with Gasteiger partial charge in [-0.15, -0.1) is 0 Å². The van der Waals surface area contributed by atoms with E-state index in [1.165, 1.54) is 7.11 Å². The summed E-state index contributed by atoms with van der Waals surface area (Å²) < 4.78 is 5.00. The molecule has 4 nitrogen and oxygen atoms in total. The second-order valence-corrected chi connectivity index (χ2v) is 4.91. The van der Waals surface area contributed by atoms with E-state index < -0.39 is 5.92 Å². The molecule has 0 saturated heterocycles. The number of hydrazone groups is 1. The normalized spacial score (nSPS) is 17.0. The van der Waals surface area contributed by atoms with E-state index in [0.717, 1.165) is 16.7 Å². The molecule has 1 aliphatic rings. The minimum atomic E-state index is -0.545. The second kappa shape index (κ2) is 6.26. The van der Waals surface area contributed by atoms with E-state index in [9.17, 15) is 4.79 Å². The molecule has 0 aliphatic carbocycles. The van der Waals surface area contributed by atoms with Crippen LogP contribution in [0.5, 0.6) is 0 Å². The zero-order valence-electron chi connectivity index (χ0n) is 12.2. The number of rotatable bonds is 3. The molecule has 1 atom stereocenters. The number of esters is 1. The topological polar surface area (TPSA) is 50.7 Å². The monoisotopic (exact) mass is 292 g/mol. The SMILES string of the molecule is COC(=O)C1C(c2ccccc2)=CNN=C1c1ccccc1. The molecule has 4 heteroatoms. The summed E-state index contributed by atoms with van der Waals surface area (Å²) in [6.45, 7) is 0. The van der Waals surface area contributed by atoms with Crippen molar-refractivity contribution in [2.45, 2.75) is 0 Å². The van der Waals surface area contributed by atoms with Crippen molar-refractivity contribution in [1.82, 2.24) is 5.43 Å². The van der Waals surface area contributed by atoms with Crippen molar-refractivity contribution in [2.24, 2.45) is 11.0 Å². The fraction of sp³-hybridized carbons (Fsp3) is 0.111. The van der Waals surface area contributed by atoms with Gasteiger partial charge in [-0.1, -0.05) is 60.7 Å². The molecule has 3 rings (SSSR count). The van der Waals surface area contributed by atoms with Crippen LogP contribution in [0.3, 0.4) is 0 Å². The number of hydrogen-bond acceptors (Lipinski definition) is 4. The van der Waals surface area contributed by atoms with Gasteiger partial charge in [-0.3, -0.25) is 10.2 Å².